The zero-order chi connectivity index (χ0) is 25.1. The third-order valence-corrected chi connectivity index (χ3v) is 7.34. The minimum Gasteiger partial charge on any atom is -0.356 e. The van der Waals surface area contributed by atoms with Gasteiger partial charge in [-0.3, -0.25) is 4.79 Å². The van der Waals surface area contributed by atoms with Crippen LogP contribution in [0.15, 0.2) is 54.9 Å². The minimum absolute atomic E-state index is 0.0115. The Balaban J connectivity index is 1.37. The molecule has 0 aliphatic carbocycles. The minimum atomic E-state index is -0.0115. The van der Waals surface area contributed by atoms with E-state index in [0.29, 0.717) is 5.78 Å². The number of fused-ring (bicyclic) bond motifs is 1. The van der Waals surface area contributed by atoms with Crippen molar-refractivity contribution in [2.75, 3.05) is 23.3 Å². The number of aromatic nitrogens is 4. The number of benzene rings is 2. The van der Waals surface area contributed by atoms with Crippen LogP contribution < -0.4 is 10.2 Å². The van der Waals surface area contributed by atoms with Crippen molar-refractivity contribution in [3.05, 3.63) is 82.8 Å². The number of anilines is 2. The van der Waals surface area contributed by atoms with Gasteiger partial charge in [0.2, 0.25) is 5.91 Å². The Bertz CT molecular complexity index is 1330. The van der Waals surface area contributed by atoms with Crippen LogP contribution in [0.5, 0.6) is 0 Å². The largest absolute Gasteiger partial charge is 0.356 e. The van der Waals surface area contributed by atoms with Crippen LogP contribution in [0.3, 0.4) is 0 Å². The van der Waals surface area contributed by atoms with Gasteiger partial charge in [0.05, 0.1) is 0 Å². The molecule has 2 aromatic carbocycles. The summed E-state index contributed by atoms with van der Waals surface area (Å²) in [4.78, 5) is 24.7. The Labute approximate surface area is 212 Å². The summed E-state index contributed by atoms with van der Waals surface area (Å²) < 4.78 is 1.86. The van der Waals surface area contributed by atoms with Gasteiger partial charge in [-0.15, -0.1) is 0 Å². The van der Waals surface area contributed by atoms with Crippen molar-refractivity contribution in [2.45, 2.75) is 52.9 Å². The van der Waals surface area contributed by atoms with Crippen LogP contribution in [0.4, 0.5) is 11.5 Å². The van der Waals surface area contributed by atoms with E-state index >= 15 is 0 Å². The fourth-order valence-corrected chi connectivity index (χ4v) is 5.28. The second-order valence-corrected chi connectivity index (χ2v) is 9.54. The number of aryl methyl sites for hydroxylation is 3. The van der Waals surface area contributed by atoms with E-state index in [1.807, 2.05) is 17.5 Å². The van der Waals surface area contributed by atoms with Crippen LogP contribution in [-0.2, 0) is 24.1 Å². The topological polar surface area (TPSA) is 75.4 Å². The van der Waals surface area contributed by atoms with Crippen LogP contribution in [0.25, 0.3) is 5.78 Å². The van der Waals surface area contributed by atoms with E-state index in [0.717, 1.165) is 68.0 Å². The summed E-state index contributed by atoms with van der Waals surface area (Å²) in [6.07, 6.45) is 5.74. The predicted molar refractivity (Wildman–Crippen MR) is 144 cm³/mol. The van der Waals surface area contributed by atoms with Gasteiger partial charge in [-0.1, -0.05) is 62.4 Å². The van der Waals surface area contributed by atoms with Gasteiger partial charge in [0.15, 0.2) is 0 Å². The highest BCUT2D eigenvalue weighted by atomic mass is 16.1. The Morgan fingerprint density at radius 1 is 1.00 bits per heavy atom. The molecule has 7 heteroatoms. The van der Waals surface area contributed by atoms with Gasteiger partial charge in [-0.05, 0) is 49.3 Å². The van der Waals surface area contributed by atoms with Crippen molar-refractivity contribution in [1.82, 2.24) is 19.6 Å². The van der Waals surface area contributed by atoms with Crippen LogP contribution in [-0.4, -0.2) is 38.6 Å². The highest BCUT2D eigenvalue weighted by molar-refractivity contribution is 5.94. The molecule has 0 radical (unpaired) electrons. The summed E-state index contributed by atoms with van der Waals surface area (Å²) in [5.74, 6) is 1.78. The fraction of sp³-hybridized carbons (Fsp3) is 0.379. The number of hydrogen-bond acceptors (Lipinski definition) is 5. The first kappa shape index (κ1) is 24.0. The van der Waals surface area contributed by atoms with Crippen LogP contribution in [0.2, 0.25) is 0 Å². The van der Waals surface area contributed by atoms with Crippen LogP contribution in [0.1, 0.15) is 54.6 Å². The number of carbonyl (C=O) groups excluding carboxylic acids is 1. The van der Waals surface area contributed by atoms with E-state index in [1.165, 1.54) is 16.7 Å². The zero-order valence-electron chi connectivity index (χ0n) is 21.4. The summed E-state index contributed by atoms with van der Waals surface area (Å²) in [6, 6.07) is 16.8. The molecule has 0 saturated carbocycles. The average molecular weight is 483 g/mol. The lowest BCUT2D eigenvalue weighted by Crippen LogP contribution is -2.40. The lowest BCUT2D eigenvalue weighted by atomic mass is 9.94. The molecular formula is C29H34N6O. The smallest absolute Gasteiger partial charge is 0.254 e. The van der Waals surface area contributed by atoms with Crippen molar-refractivity contribution in [1.29, 1.82) is 0 Å². The molecule has 1 N–H and O–H groups in total. The monoisotopic (exact) mass is 482 g/mol. The molecule has 3 heterocycles. The molecule has 1 saturated heterocycles. The number of rotatable bonds is 7. The Kier molecular flexibility index (Phi) is 6.98. The second kappa shape index (κ2) is 10.5. The number of amides is 1. The molecule has 1 aliphatic rings. The number of nitrogens with zero attached hydrogens (tertiary/aromatic N) is 5. The molecule has 0 spiro atoms. The molecule has 1 fully saturated rings. The number of para-hydroxylation sites is 1. The predicted octanol–water partition coefficient (Wildman–Crippen LogP) is 5.00. The normalized spacial score (nSPS) is 14.4. The molecule has 186 valence electrons. The van der Waals surface area contributed by atoms with E-state index < -0.39 is 0 Å². The third-order valence-electron chi connectivity index (χ3n) is 7.34. The maximum Gasteiger partial charge on any atom is 0.254 e. The Morgan fingerprint density at radius 2 is 1.69 bits per heavy atom. The Hall–Kier alpha value is -3.74. The zero-order valence-corrected chi connectivity index (χ0v) is 21.4. The molecule has 5 rings (SSSR count). The maximum atomic E-state index is 13.3. The summed E-state index contributed by atoms with van der Waals surface area (Å²) in [5, 5.41) is 7.80. The first-order chi connectivity index (χ1) is 17.6. The van der Waals surface area contributed by atoms with Gasteiger partial charge >= 0.3 is 0 Å². The number of carbonyl (C=O) groups is 1. The number of hydrogen-bond donors (Lipinski definition) is 1. The molecule has 7 nitrogen and oxygen atoms in total. The van der Waals surface area contributed by atoms with Gasteiger partial charge in [0, 0.05) is 42.4 Å². The standard InChI is InChI=1S/C29H34N6O/c1-4-22-12-9-13-23(5-2)26(22)33-27(36)24-14-16-34(17-15-24)28-25(18-21-10-7-6-8-11-21)20(3)32-29-30-19-31-35(28)29/h6-13,19,24H,4-5,14-18H2,1-3H3,(H,33,36). The summed E-state index contributed by atoms with van der Waals surface area (Å²) in [7, 11) is 0. The maximum absolute atomic E-state index is 13.3. The van der Waals surface area contributed by atoms with Gasteiger partial charge in [-0.2, -0.15) is 14.6 Å². The summed E-state index contributed by atoms with van der Waals surface area (Å²) >= 11 is 0. The molecule has 0 bridgehead atoms. The van der Waals surface area contributed by atoms with E-state index in [-0.39, 0.29) is 11.8 Å². The van der Waals surface area contributed by atoms with Gasteiger partial charge < -0.3 is 10.2 Å². The van der Waals surface area contributed by atoms with Crippen molar-refractivity contribution in [3.8, 4) is 0 Å². The van der Waals surface area contributed by atoms with Crippen molar-refractivity contribution in [2.24, 2.45) is 5.92 Å². The lowest BCUT2D eigenvalue weighted by molar-refractivity contribution is -0.120. The molecule has 1 aliphatic heterocycles. The first-order valence-electron chi connectivity index (χ1n) is 13.0. The molecule has 4 aromatic rings. The summed E-state index contributed by atoms with van der Waals surface area (Å²) in [6.45, 7) is 7.89. The quantitative estimate of drug-likeness (QED) is 0.401. The third kappa shape index (κ3) is 4.70. The second-order valence-electron chi connectivity index (χ2n) is 9.54. The van der Waals surface area contributed by atoms with Gasteiger partial charge in [-0.25, -0.2) is 4.98 Å². The van der Waals surface area contributed by atoms with E-state index in [2.05, 4.69) is 76.6 Å². The molecule has 0 atom stereocenters. The van der Waals surface area contributed by atoms with Crippen molar-refractivity contribution >= 4 is 23.2 Å². The highest BCUT2D eigenvalue weighted by Gasteiger charge is 2.29. The van der Waals surface area contributed by atoms with Crippen LogP contribution >= 0.6 is 0 Å². The molecule has 0 unspecified atom stereocenters. The van der Waals surface area contributed by atoms with Gasteiger partial charge in [0.1, 0.15) is 12.1 Å². The molecule has 36 heavy (non-hydrogen) atoms. The lowest BCUT2D eigenvalue weighted by Gasteiger charge is -2.34. The van der Waals surface area contributed by atoms with Crippen molar-refractivity contribution < 1.29 is 4.79 Å². The van der Waals surface area contributed by atoms with E-state index in [9.17, 15) is 4.79 Å². The van der Waals surface area contributed by atoms with E-state index in [1.54, 1.807) is 6.33 Å². The average Bonchev–Trinajstić information content (AvgIpc) is 3.37. The van der Waals surface area contributed by atoms with Crippen molar-refractivity contribution in [3.63, 3.8) is 0 Å². The fourth-order valence-electron chi connectivity index (χ4n) is 5.28. The van der Waals surface area contributed by atoms with Gasteiger partial charge in [0.25, 0.3) is 5.78 Å². The molecule has 1 amide bonds. The van der Waals surface area contributed by atoms with E-state index in [4.69, 9.17) is 4.98 Å². The highest BCUT2D eigenvalue weighted by Crippen LogP contribution is 2.31. The first-order valence-corrected chi connectivity index (χ1v) is 13.0. The number of nitrogens with one attached hydrogen (secondary N) is 1. The summed E-state index contributed by atoms with van der Waals surface area (Å²) in [5.41, 5.74) is 6.77. The molecule has 2 aromatic heterocycles. The Morgan fingerprint density at radius 3 is 2.36 bits per heavy atom. The SMILES string of the molecule is CCc1cccc(CC)c1NC(=O)C1CCN(c2c(Cc3ccccc3)c(C)nc3ncnn23)CC1. The number of piperidine rings is 1. The molecular weight excluding hydrogens is 448 g/mol. The van der Waals surface area contributed by atoms with Crippen LogP contribution in [0, 0.1) is 12.8 Å².